The molecule has 0 amide bonds. The van der Waals surface area contributed by atoms with Crippen LogP contribution in [-0.4, -0.2) is 58.4 Å². The van der Waals surface area contributed by atoms with Gasteiger partial charge in [0, 0.05) is 0 Å². The van der Waals surface area contributed by atoms with E-state index in [9.17, 15) is 0 Å². The van der Waals surface area contributed by atoms with Gasteiger partial charge < -0.3 is 0 Å². The molecule has 1 nitrogen and oxygen atoms in total. The third kappa shape index (κ3) is 3.09. The zero-order valence-corrected chi connectivity index (χ0v) is 9.22. The Morgan fingerprint density at radius 1 is 1.50 bits per heavy atom. The molecular weight excluding hydrogens is 281 g/mol. The number of nitrogens with zero attached hydrogens (tertiary/aromatic N) is 1. The van der Waals surface area contributed by atoms with Gasteiger partial charge in [0.2, 0.25) is 0 Å². The summed E-state index contributed by atoms with van der Waals surface area (Å²) in [6.07, 6.45) is 0. The van der Waals surface area contributed by atoms with E-state index in [1.807, 2.05) is 22.3 Å². The standard InChI is InChI=1S/C5H10NSeTe/c1-3-6(4-2)5(7)8/h3-4H2,1-2H3. The van der Waals surface area contributed by atoms with E-state index in [-0.39, 0.29) is 0 Å². The summed E-state index contributed by atoms with van der Waals surface area (Å²) >= 11 is 5.01. The average Bonchev–Trinajstić information content (AvgIpc) is 1.69. The molecule has 1 radical (unpaired) electrons. The second-order valence-electron chi connectivity index (χ2n) is 1.44. The Labute approximate surface area is 72.1 Å². The van der Waals surface area contributed by atoms with Crippen LogP contribution in [-0.2, 0) is 0 Å². The average molecular weight is 291 g/mol. The van der Waals surface area contributed by atoms with E-state index in [0.717, 1.165) is 13.1 Å². The molecule has 0 aromatic rings. The molecule has 3 heteroatoms. The Bertz CT molecular complexity index is 80.5. The third-order valence-corrected chi connectivity index (χ3v) is 2.30. The molecule has 0 unspecified atom stereocenters. The Balaban J connectivity index is 3.52. The van der Waals surface area contributed by atoms with Crippen LogP contribution < -0.4 is 0 Å². The van der Waals surface area contributed by atoms with E-state index in [0.29, 0.717) is 0 Å². The van der Waals surface area contributed by atoms with Crippen molar-refractivity contribution in [2.75, 3.05) is 13.1 Å². The first-order valence-electron chi connectivity index (χ1n) is 2.68. The van der Waals surface area contributed by atoms with Crippen LogP contribution in [0, 0.1) is 0 Å². The summed E-state index contributed by atoms with van der Waals surface area (Å²) in [7, 11) is 0. The molecule has 0 aliphatic rings. The van der Waals surface area contributed by atoms with Crippen molar-refractivity contribution in [3.8, 4) is 0 Å². The fourth-order valence-electron chi connectivity index (χ4n) is 0.482. The first kappa shape index (κ1) is 8.98. The van der Waals surface area contributed by atoms with Gasteiger partial charge in [-0.25, -0.2) is 0 Å². The quantitative estimate of drug-likeness (QED) is 0.648. The maximum atomic E-state index is 2.99. The van der Waals surface area contributed by atoms with Crippen LogP contribution in [0.2, 0.25) is 0 Å². The predicted octanol–water partition coefficient (Wildman–Crippen LogP) is -0.247. The Kier molecular flexibility index (Phi) is 5.41. The summed E-state index contributed by atoms with van der Waals surface area (Å²) in [6, 6.07) is 0. The van der Waals surface area contributed by atoms with Crippen LogP contribution in [0.4, 0.5) is 0 Å². The summed E-state index contributed by atoms with van der Waals surface area (Å²) in [5, 5.41) is 0. The van der Waals surface area contributed by atoms with Gasteiger partial charge in [0.1, 0.15) is 0 Å². The zero-order chi connectivity index (χ0) is 6.57. The van der Waals surface area contributed by atoms with Crippen molar-refractivity contribution in [3.05, 3.63) is 0 Å². The fraction of sp³-hybridized carbons (Fsp3) is 0.800. The Morgan fingerprint density at radius 2 is 1.88 bits per heavy atom. The second-order valence-corrected chi connectivity index (χ2v) is 5.16. The summed E-state index contributed by atoms with van der Waals surface area (Å²) in [5.74, 6) is 0. The monoisotopic (exact) mass is 294 g/mol. The van der Waals surface area contributed by atoms with Gasteiger partial charge in [0.15, 0.2) is 0 Å². The van der Waals surface area contributed by atoms with Crippen molar-refractivity contribution in [3.63, 3.8) is 0 Å². The van der Waals surface area contributed by atoms with Gasteiger partial charge >= 0.3 is 72.3 Å². The van der Waals surface area contributed by atoms with Crippen molar-refractivity contribution in [2.45, 2.75) is 13.8 Å². The molecule has 0 aliphatic carbocycles. The summed E-state index contributed by atoms with van der Waals surface area (Å²) in [6.45, 7) is 6.54. The molecule has 0 aliphatic heterocycles. The van der Waals surface area contributed by atoms with E-state index in [4.69, 9.17) is 0 Å². The van der Waals surface area contributed by atoms with Crippen LogP contribution >= 0.6 is 0 Å². The van der Waals surface area contributed by atoms with Gasteiger partial charge in [-0.05, 0) is 0 Å². The van der Waals surface area contributed by atoms with E-state index in [1.54, 1.807) is 0 Å². The van der Waals surface area contributed by atoms with E-state index in [2.05, 4.69) is 34.3 Å². The second kappa shape index (κ2) is 4.82. The summed E-state index contributed by atoms with van der Waals surface area (Å²) in [5.41, 5.74) is 0. The van der Waals surface area contributed by atoms with E-state index in [1.165, 1.54) is 2.59 Å². The molecule has 0 saturated heterocycles. The molecular formula is C5H10NSeTe. The summed E-state index contributed by atoms with van der Waals surface area (Å²) in [4.78, 5) is 2.28. The van der Waals surface area contributed by atoms with Gasteiger partial charge in [-0.2, -0.15) is 0 Å². The third-order valence-electron chi connectivity index (χ3n) is 1.02. The molecule has 0 aromatic heterocycles. The van der Waals surface area contributed by atoms with Gasteiger partial charge in [-0.3, -0.25) is 0 Å². The Hall–Kier alpha value is 0.979. The van der Waals surface area contributed by atoms with Gasteiger partial charge in [0.05, 0.1) is 0 Å². The zero-order valence-electron chi connectivity index (χ0n) is 5.18. The SMILES string of the molecule is CCN(CC)C(=[Se])[Te]. The molecule has 0 saturated carbocycles. The number of rotatable bonds is 3. The topological polar surface area (TPSA) is 3.24 Å². The summed E-state index contributed by atoms with van der Waals surface area (Å²) < 4.78 is 1.30. The van der Waals surface area contributed by atoms with Crippen LogP contribution in [0.3, 0.4) is 0 Å². The minimum atomic E-state index is 1.11. The van der Waals surface area contributed by atoms with Gasteiger partial charge in [0.25, 0.3) is 0 Å². The molecule has 47 valence electrons. The number of hydrogen-bond donors (Lipinski definition) is 0. The van der Waals surface area contributed by atoms with Gasteiger partial charge in [-0.15, -0.1) is 0 Å². The predicted molar refractivity (Wildman–Crippen MR) is 39.4 cm³/mol. The molecule has 0 spiro atoms. The van der Waals surface area contributed by atoms with Crippen molar-refractivity contribution >= 4 is 40.5 Å². The number of hydrogen-bond acceptors (Lipinski definition) is 1. The van der Waals surface area contributed by atoms with E-state index >= 15 is 0 Å². The molecule has 0 fully saturated rings. The molecule has 0 heterocycles. The molecule has 8 heavy (non-hydrogen) atoms. The van der Waals surface area contributed by atoms with Crippen LogP contribution in [0.15, 0.2) is 0 Å². The van der Waals surface area contributed by atoms with Gasteiger partial charge in [-0.1, -0.05) is 0 Å². The van der Waals surface area contributed by atoms with E-state index < -0.39 is 0 Å². The van der Waals surface area contributed by atoms with Crippen molar-refractivity contribution in [1.29, 1.82) is 0 Å². The molecule has 0 bridgehead atoms. The van der Waals surface area contributed by atoms with Crippen molar-refractivity contribution in [2.24, 2.45) is 0 Å². The van der Waals surface area contributed by atoms with Crippen LogP contribution in [0.1, 0.15) is 13.8 Å². The van der Waals surface area contributed by atoms with Crippen molar-refractivity contribution in [1.82, 2.24) is 4.90 Å². The molecule has 0 aromatic carbocycles. The normalized spacial score (nSPS) is 8.75. The first-order valence-corrected chi connectivity index (χ1v) is 4.70. The molecule has 0 N–H and O–H groups in total. The minimum absolute atomic E-state index is 1.11. The first-order chi connectivity index (χ1) is 3.72. The van der Waals surface area contributed by atoms with Crippen molar-refractivity contribution < 1.29 is 0 Å². The molecule has 0 atom stereocenters. The Morgan fingerprint density at radius 3 is 1.88 bits per heavy atom. The fourth-order valence-corrected chi connectivity index (χ4v) is 1.76. The van der Waals surface area contributed by atoms with Crippen LogP contribution in [0.5, 0.6) is 0 Å². The van der Waals surface area contributed by atoms with Crippen LogP contribution in [0.25, 0.3) is 0 Å². The molecule has 0 rings (SSSR count). The maximum absolute atomic E-state index is 2.99.